The average Bonchev–Trinajstić information content (AvgIpc) is 2.33. The summed E-state index contributed by atoms with van der Waals surface area (Å²) in [5.41, 5.74) is 4.61. The molecule has 110 valence electrons. The van der Waals surface area contributed by atoms with Gasteiger partial charge < -0.3 is 11.1 Å². The number of rotatable bonds is 2. The summed E-state index contributed by atoms with van der Waals surface area (Å²) in [6.45, 7) is 2.02. The molecule has 0 bridgehead atoms. The lowest BCUT2D eigenvalue weighted by Crippen LogP contribution is -2.53. The summed E-state index contributed by atoms with van der Waals surface area (Å²) in [4.78, 5) is 12.2. The predicted molar refractivity (Wildman–Crippen MR) is 77.2 cm³/mol. The molecule has 0 saturated heterocycles. The van der Waals surface area contributed by atoms with E-state index in [0.29, 0.717) is 18.8 Å². The second-order valence-electron chi connectivity index (χ2n) is 5.56. The van der Waals surface area contributed by atoms with Crippen LogP contribution in [0.5, 0.6) is 0 Å². The van der Waals surface area contributed by atoms with Crippen LogP contribution in [0, 0.1) is 17.6 Å². The van der Waals surface area contributed by atoms with E-state index in [-0.39, 0.29) is 4.47 Å². The van der Waals surface area contributed by atoms with Crippen LogP contribution in [0.25, 0.3) is 0 Å². The summed E-state index contributed by atoms with van der Waals surface area (Å²) in [7, 11) is 0. The third-order valence-corrected chi connectivity index (χ3v) is 4.19. The van der Waals surface area contributed by atoms with Gasteiger partial charge in [0, 0.05) is 4.47 Å². The van der Waals surface area contributed by atoms with Crippen molar-refractivity contribution >= 4 is 27.5 Å². The van der Waals surface area contributed by atoms with Gasteiger partial charge in [0.25, 0.3) is 0 Å². The number of halogens is 3. The van der Waals surface area contributed by atoms with Crippen molar-refractivity contribution in [3.8, 4) is 0 Å². The van der Waals surface area contributed by atoms with Gasteiger partial charge >= 0.3 is 0 Å². The maximum atomic E-state index is 13.7. The van der Waals surface area contributed by atoms with E-state index in [0.717, 1.165) is 25.0 Å². The Balaban J connectivity index is 2.20. The fraction of sp³-hybridized carbons (Fsp3) is 0.500. The van der Waals surface area contributed by atoms with Crippen LogP contribution in [0.2, 0.25) is 0 Å². The molecule has 3 nitrogen and oxygen atoms in total. The molecule has 20 heavy (non-hydrogen) atoms. The van der Waals surface area contributed by atoms with Crippen LogP contribution in [0.4, 0.5) is 14.5 Å². The van der Waals surface area contributed by atoms with Gasteiger partial charge in [-0.05, 0) is 30.9 Å². The van der Waals surface area contributed by atoms with Gasteiger partial charge in [0.1, 0.15) is 5.69 Å². The normalized spacial score (nSPS) is 26.4. The van der Waals surface area contributed by atoms with Crippen LogP contribution in [0.3, 0.4) is 0 Å². The van der Waals surface area contributed by atoms with Gasteiger partial charge in [-0.15, -0.1) is 0 Å². The first kappa shape index (κ1) is 15.4. The molecule has 0 heterocycles. The second-order valence-corrected chi connectivity index (χ2v) is 6.47. The van der Waals surface area contributed by atoms with Crippen molar-refractivity contribution in [1.82, 2.24) is 0 Å². The predicted octanol–water partition coefficient (Wildman–Crippen LogP) is 3.57. The summed E-state index contributed by atoms with van der Waals surface area (Å²) in [6, 6.07) is 2.21. The lowest BCUT2D eigenvalue weighted by Gasteiger charge is -2.35. The van der Waals surface area contributed by atoms with Gasteiger partial charge in [-0.3, -0.25) is 4.79 Å². The third kappa shape index (κ3) is 3.17. The first-order valence-electron chi connectivity index (χ1n) is 6.57. The summed E-state index contributed by atoms with van der Waals surface area (Å²) in [6.07, 6.45) is 2.92. The standard InChI is InChI=1S/C14H17BrF2N2O/c1-8-3-2-4-14(18,7-8)13(20)19-12-10(16)5-9(15)6-11(12)17/h5-6,8H,2-4,7,18H2,1H3,(H,19,20). The van der Waals surface area contributed by atoms with E-state index in [1.807, 2.05) is 6.92 Å². The van der Waals surface area contributed by atoms with Crippen molar-refractivity contribution in [2.75, 3.05) is 5.32 Å². The fourth-order valence-electron chi connectivity index (χ4n) is 2.70. The Kier molecular flexibility index (Phi) is 4.44. The number of hydrogen-bond acceptors (Lipinski definition) is 2. The lowest BCUT2D eigenvalue weighted by atomic mass is 9.76. The first-order chi connectivity index (χ1) is 9.32. The minimum absolute atomic E-state index is 0.277. The molecule has 2 rings (SSSR count). The molecule has 1 saturated carbocycles. The summed E-state index contributed by atoms with van der Waals surface area (Å²) < 4.78 is 27.7. The molecule has 3 N–H and O–H groups in total. The quantitative estimate of drug-likeness (QED) is 0.859. The van der Waals surface area contributed by atoms with Crippen LogP contribution < -0.4 is 11.1 Å². The molecular formula is C14H17BrF2N2O. The van der Waals surface area contributed by atoms with E-state index < -0.39 is 28.8 Å². The number of anilines is 1. The van der Waals surface area contributed by atoms with Crippen LogP contribution in [-0.2, 0) is 4.79 Å². The van der Waals surface area contributed by atoms with Crippen molar-refractivity contribution < 1.29 is 13.6 Å². The first-order valence-corrected chi connectivity index (χ1v) is 7.36. The molecule has 1 aliphatic carbocycles. The fourth-order valence-corrected chi connectivity index (χ4v) is 3.10. The number of nitrogens with one attached hydrogen (secondary N) is 1. The zero-order chi connectivity index (χ0) is 14.9. The van der Waals surface area contributed by atoms with Gasteiger partial charge in [0.05, 0.1) is 5.54 Å². The van der Waals surface area contributed by atoms with Crippen molar-refractivity contribution in [2.45, 2.75) is 38.1 Å². The zero-order valence-electron chi connectivity index (χ0n) is 11.2. The summed E-state index contributed by atoms with van der Waals surface area (Å²) >= 11 is 2.99. The molecule has 0 aliphatic heterocycles. The van der Waals surface area contributed by atoms with Crippen LogP contribution in [-0.4, -0.2) is 11.4 Å². The van der Waals surface area contributed by atoms with Crippen molar-refractivity contribution in [3.05, 3.63) is 28.2 Å². The van der Waals surface area contributed by atoms with E-state index in [2.05, 4.69) is 21.2 Å². The molecule has 0 radical (unpaired) electrons. The molecule has 2 unspecified atom stereocenters. The maximum Gasteiger partial charge on any atom is 0.244 e. The summed E-state index contributed by atoms with van der Waals surface area (Å²) in [5.74, 6) is -1.83. The highest BCUT2D eigenvalue weighted by atomic mass is 79.9. The number of carbonyl (C=O) groups excluding carboxylic acids is 1. The number of benzene rings is 1. The Bertz CT molecular complexity index is 515. The molecule has 1 aromatic rings. The molecule has 2 atom stereocenters. The molecule has 0 aromatic heterocycles. The largest absolute Gasteiger partial charge is 0.320 e. The second kappa shape index (κ2) is 5.77. The van der Waals surface area contributed by atoms with E-state index in [4.69, 9.17) is 5.73 Å². The van der Waals surface area contributed by atoms with Gasteiger partial charge in [0.15, 0.2) is 11.6 Å². The molecule has 1 aliphatic rings. The molecule has 0 spiro atoms. The van der Waals surface area contributed by atoms with Gasteiger partial charge in [-0.25, -0.2) is 8.78 Å². The average molecular weight is 347 g/mol. The topological polar surface area (TPSA) is 55.1 Å². The monoisotopic (exact) mass is 346 g/mol. The van der Waals surface area contributed by atoms with Crippen molar-refractivity contribution in [3.63, 3.8) is 0 Å². The Morgan fingerprint density at radius 3 is 2.60 bits per heavy atom. The van der Waals surface area contributed by atoms with Crippen molar-refractivity contribution in [1.29, 1.82) is 0 Å². The number of carbonyl (C=O) groups is 1. The zero-order valence-corrected chi connectivity index (χ0v) is 12.8. The maximum absolute atomic E-state index is 13.7. The number of hydrogen-bond donors (Lipinski definition) is 2. The Morgan fingerprint density at radius 2 is 2.05 bits per heavy atom. The number of nitrogens with two attached hydrogens (primary N) is 1. The van der Waals surface area contributed by atoms with Crippen molar-refractivity contribution in [2.24, 2.45) is 11.7 Å². The minimum Gasteiger partial charge on any atom is -0.320 e. The highest BCUT2D eigenvalue weighted by Crippen LogP contribution is 2.32. The minimum atomic E-state index is -1.05. The Hall–Kier alpha value is -1.01. The van der Waals surface area contributed by atoms with E-state index in [9.17, 15) is 13.6 Å². The third-order valence-electron chi connectivity index (χ3n) is 3.73. The van der Waals surface area contributed by atoms with E-state index in [1.54, 1.807) is 0 Å². The van der Waals surface area contributed by atoms with E-state index >= 15 is 0 Å². The molecular weight excluding hydrogens is 330 g/mol. The van der Waals surface area contributed by atoms with Crippen LogP contribution >= 0.6 is 15.9 Å². The summed E-state index contributed by atoms with van der Waals surface area (Å²) in [5, 5.41) is 2.30. The Labute approximate surface area is 125 Å². The molecule has 1 amide bonds. The smallest absolute Gasteiger partial charge is 0.244 e. The van der Waals surface area contributed by atoms with Gasteiger partial charge in [0.2, 0.25) is 5.91 Å². The molecule has 1 aromatic carbocycles. The van der Waals surface area contributed by atoms with E-state index in [1.165, 1.54) is 0 Å². The SMILES string of the molecule is CC1CCCC(N)(C(=O)Nc2c(F)cc(Br)cc2F)C1. The van der Waals surface area contributed by atoms with Crippen LogP contribution in [0.15, 0.2) is 16.6 Å². The lowest BCUT2D eigenvalue weighted by molar-refractivity contribution is -0.122. The highest BCUT2D eigenvalue weighted by Gasteiger charge is 2.38. The molecule has 1 fully saturated rings. The highest BCUT2D eigenvalue weighted by molar-refractivity contribution is 9.10. The van der Waals surface area contributed by atoms with Gasteiger partial charge in [-0.2, -0.15) is 0 Å². The van der Waals surface area contributed by atoms with Crippen LogP contribution in [0.1, 0.15) is 32.6 Å². The molecule has 6 heteroatoms. The Morgan fingerprint density at radius 1 is 1.45 bits per heavy atom. The van der Waals surface area contributed by atoms with Gasteiger partial charge in [-0.1, -0.05) is 35.7 Å². The number of amides is 1.